The van der Waals surface area contributed by atoms with Gasteiger partial charge in [0, 0.05) is 11.6 Å². The van der Waals surface area contributed by atoms with E-state index in [1.54, 1.807) is 0 Å². The van der Waals surface area contributed by atoms with Crippen molar-refractivity contribution in [2.75, 3.05) is 5.32 Å². The average molecular weight is 270 g/mol. The van der Waals surface area contributed by atoms with Crippen molar-refractivity contribution in [2.24, 2.45) is 0 Å². The van der Waals surface area contributed by atoms with E-state index in [0.717, 1.165) is 42.8 Å². The summed E-state index contributed by atoms with van der Waals surface area (Å²) >= 11 is 0. The molecule has 2 aromatic rings. The third-order valence-corrected chi connectivity index (χ3v) is 3.45. The first-order valence-electron chi connectivity index (χ1n) is 7.09. The van der Waals surface area contributed by atoms with Crippen molar-refractivity contribution in [2.45, 2.75) is 38.5 Å². The quantitative estimate of drug-likeness (QED) is 0.877. The second-order valence-corrected chi connectivity index (χ2v) is 5.18. The summed E-state index contributed by atoms with van der Waals surface area (Å²) in [6, 6.07) is 7.85. The maximum absolute atomic E-state index is 12.2. The van der Waals surface area contributed by atoms with Crippen LogP contribution in [-0.4, -0.2) is 21.1 Å². The molecule has 1 aromatic heterocycles. The predicted molar refractivity (Wildman–Crippen MR) is 76.7 cm³/mol. The molecule has 1 saturated carbocycles. The fraction of sp³-hybridized carbons (Fsp3) is 0.400. The van der Waals surface area contributed by atoms with E-state index < -0.39 is 0 Å². The zero-order chi connectivity index (χ0) is 13.9. The Morgan fingerprint density at radius 2 is 2.20 bits per heavy atom. The highest BCUT2D eigenvalue weighted by molar-refractivity contribution is 6.01. The Morgan fingerprint density at radius 3 is 2.95 bits per heavy atom. The Balaban J connectivity index is 1.74. The number of aromatic nitrogens is 3. The molecule has 3 rings (SSSR count). The maximum Gasteiger partial charge on any atom is 0.295 e. The molecule has 0 atom stereocenters. The van der Waals surface area contributed by atoms with Crippen LogP contribution >= 0.6 is 0 Å². The van der Waals surface area contributed by atoms with Crippen molar-refractivity contribution in [3.8, 4) is 0 Å². The molecule has 1 aromatic carbocycles. The number of aryl methyl sites for hydroxylation is 1. The number of hydrogen-bond donors (Lipinski definition) is 2. The van der Waals surface area contributed by atoms with Gasteiger partial charge in [0.2, 0.25) is 5.82 Å². The first-order valence-corrected chi connectivity index (χ1v) is 7.09. The van der Waals surface area contributed by atoms with Crippen molar-refractivity contribution >= 4 is 11.6 Å². The molecule has 1 amide bonds. The van der Waals surface area contributed by atoms with Gasteiger partial charge in [0.25, 0.3) is 5.91 Å². The van der Waals surface area contributed by atoms with Crippen molar-refractivity contribution in [1.29, 1.82) is 0 Å². The number of aromatic amines is 1. The minimum atomic E-state index is -0.253. The molecule has 20 heavy (non-hydrogen) atoms. The van der Waals surface area contributed by atoms with Gasteiger partial charge in [0.05, 0.1) is 0 Å². The standard InChI is InChI=1S/C15H18N4O/c1-2-5-10-6-3-4-7-12(10)16-15(20)14-17-13(18-19-14)11-8-9-11/h3-4,6-7,11H,2,5,8-9H2,1H3,(H,16,20)(H,17,18,19). The van der Waals surface area contributed by atoms with Crippen molar-refractivity contribution < 1.29 is 4.79 Å². The van der Waals surface area contributed by atoms with Crippen molar-refractivity contribution in [1.82, 2.24) is 15.2 Å². The van der Waals surface area contributed by atoms with Gasteiger partial charge in [-0.3, -0.25) is 9.89 Å². The number of para-hydroxylation sites is 1. The summed E-state index contributed by atoms with van der Waals surface area (Å²) in [7, 11) is 0. The van der Waals surface area contributed by atoms with Crippen LogP contribution in [0.2, 0.25) is 0 Å². The number of amides is 1. The molecular formula is C15H18N4O. The van der Waals surface area contributed by atoms with Crippen LogP contribution in [0.15, 0.2) is 24.3 Å². The predicted octanol–water partition coefficient (Wildman–Crippen LogP) is 2.89. The largest absolute Gasteiger partial charge is 0.319 e. The van der Waals surface area contributed by atoms with Crippen molar-refractivity contribution in [3.05, 3.63) is 41.5 Å². The van der Waals surface area contributed by atoms with Crippen LogP contribution in [0.4, 0.5) is 5.69 Å². The van der Waals surface area contributed by atoms with Crippen LogP contribution in [0.5, 0.6) is 0 Å². The second-order valence-electron chi connectivity index (χ2n) is 5.18. The Kier molecular flexibility index (Phi) is 3.50. The molecule has 0 radical (unpaired) electrons. The van der Waals surface area contributed by atoms with Crippen LogP contribution in [0.25, 0.3) is 0 Å². The smallest absolute Gasteiger partial charge is 0.295 e. The van der Waals surface area contributed by atoms with Gasteiger partial charge in [-0.1, -0.05) is 31.5 Å². The number of benzene rings is 1. The number of H-pyrrole nitrogens is 1. The van der Waals surface area contributed by atoms with E-state index in [1.165, 1.54) is 0 Å². The number of nitrogens with zero attached hydrogens (tertiary/aromatic N) is 2. The van der Waals surface area contributed by atoms with Gasteiger partial charge in [-0.05, 0) is 30.9 Å². The van der Waals surface area contributed by atoms with E-state index >= 15 is 0 Å². The van der Waals surface area contributed by atoms with Crippen LogP contribution in [-0.2, 0) is 6.42 Å². The lowest BCUT2D eigenvalue weighted by atomic mass is 10.1. The summed E-state index contributed by atoms with van der Waals surface area (Å²) in [5.41, 5.74) is 1.98. The van der Waals surface area contributed by atoms with Crippen LogP contribution in [0.3, 0.4) is 0 Å². The average Bonchev–Trinajstić information content (AvgIpc) is 3.19. The molecule has 1 aliphatic carbocycles. The number of hydrogen-bond acceptors (Lipinski definition) is 3. The Labute approximate surface area is 117 Å². The van der Waals surface area contributed by atoms with Gasteiger partial charge >= 0.3 is 0 Å². The number of nitrogens with one attached hydrogen (secondary N) is 2. The Hall–Kier alpha value is -2.17. The van der Waals surface area contributed by atoms with E-state index in [4.69, 9.17) is 0 Å². The van der Waals surface area contributed by atoms with Crippen molar-refractivity contribution in [3.63, 3.8) is 0 Å². The minimum absolute atomic E-state index is 0.221. The van der Waals surface area contributed by atoms with Gasteiger partial charge in [0.15, 0.2) is 0 Å². The van der Waals surface area contributed by atoms with E-state index in [0.29, 0.717) is 5.92 Å². The lowest BCUT2D eigenvalue weighted by Gasteiger charge is -2.08. The van der Waals surface area contributed by atoms with Gasteiger partial charge in [0.1, 0.15) is 5.82 Å². The molecule has 0 saturated heterocycles. The highest BCUT2D eigenvalue weighted by Gasteiger charge is 2.28. The highest BCUT2D eigenvalue weighted by Crippen LogP contribution is 2.37. The normalized spacial score (nSPS) is 14.2. The summed E-state index contributed by atoms with van der Waals surface area (Å²) in [5, 5.41) is 9.75. The summed E-state index contributed by atoms with van der Waals surface area (Å²) < 4.78 is 0. The first kappa shape index (κ1) is 12.8. The summed E-state index contributed by atoms with van der Waals surface area (Å²) in [6.45, 7) is 2.12. The number of anilines is 1. The van der Waals surface area contributed by atoms with Gasteiger partial charge in [-0.2, -0.15) is 0 Å². The molecule has 2 N–H and O–H groups in total. The fourth-order valence-electron chi connectivity index (χ4n) is 2.22. The summed E-state index contributed by atoms with van der Waals surface area (Å²) in [4.78, 5) is 16.4. The molecular weight excluding hydrogens is 252 g/mol. The second kappa shape index (κ2) is 5.45. The van der Waals surface area contributed by atoms with Gasteiger partial charge in [-0.25, -0.2) is 4.98 Å². The monoisotopic (exact) mass is 270 g/mol. The number of carbonyl (C=O) groups is 1. The summed E-state index contributed by atoms with van der Waals surface area (Å²) in [5.74, 6) is 1.27. The Morgan fingerprint density at radius 1 is 1.40 bits per heavy atom. The van der Waals surface area contributed by atoms with Crippen LogP contribution in [0, 0.1) is 0 Å². The third-order valence-electron chi connectivity index (χ3n) is 3.45. The van der Waals surface area contributed by atoms with Crippen LogP contribution < -0.4 is 5.32 Å². The molecule has 0 unspecified atom stereocenters. The molecule has 5 nitrogen and oxygen atoms in total. The summed E-state index contributed by atoms with van der Waals surface area (Å²) in [6.07, 6.45) is 4.25. The van der Waals surface area contributed by atoms with E-state index in [1.807, 2.05) is 24.3 Å². The zero-order valence-corrected chi connectivity index (χ0v) is 11.5. The molecule has 1 aliphatic rings. The zero-order valence-electron chi connectivity index (χ0n) is 11.5. The van der Waals surface area contributed by atoms with E-state index in [2.05, 4.69) is 27.4 Å². The minimum Gasteiger partial charge on any atom is -0.319 e. The Bertz CT molecular complexity index is 616. The van der Waals surface area contributed by atoms with E-state index in [-0.39, 0.29) is 11.7 Å². The van der Waals surface area contributed by atoms with Gasteiger partial charge < -0.3 is 5.32 Å². The number of carbonyl (C=O) groups excluding carboxylic acids is 1. The fourth-order valence-corrected chi connectivity index (χ4v) is 2.22. The first-order chi connectivity index (χ1) is 9.78. The molecule has 1 fully saturated rings. The molecule has 104 valence electrons. The molecule has 0 spiro atoms. The third kappa shape index (κ3) is 2.71. The lowest BCUT2D eigenvalue weighted by Crippen LogP contribution is -2.15. The van der Waals surface area contributed by atoms with E-state index in [9.17, 15) is 4.79 Å². The maximum atomic E-state index is 12.2. The SMILES string of the molecule is CCCc1ccccc1NC(=O)c1n[nH]c(C2CC2)n1. The molecule has 0 aliphatic heterocycles. The highest BCUT2D eigenvalue weighted by atomic mass is 16.2. The molecule has 1 heterocycles. The molecule has 0 bridgehead atoms. The topological polar surface area (TPSA) is 70.7 Å². The molecule has 5 heteroatoms. The van der Waals surface area contributed by atoms with Gasteiger partial charge in [-0.15, -0.1) is 5.10 Å². The van der Waals surface area contributed by atoms with Crippen LogP contribution in [0.1, 0.15) is 54.1 Å². The number of rotatable bonds is 5. The lowest BCUT2D eigenvalue weighted by molar-refractivity contribution is 0.101.